The molecule has 26 heavy (non-hydrogen) atoms. The molecule has 0 saturated carbocycles. The summed E-state index contributed by atoms with van der Waals surface area (Å²) < 4.78 is 5.51. The highest BCUT2D eigenvalue weighted by Crippen LogP contribution is 2.16. The lowest BCUT2D eigenvalue weighted by Crippen LogP contribution is -2.33. The Labute approximate surface area is 154 Å². The first-order valence-electron chi connectivity index (χ1n) is 8.95. The zero-order valence-electron chi connectivity index (χ0n) is 15.5. The molecule has 2 rings (SSSR count). The fourth-order valence-electron chi connectivity index (χ4n) is 2.35. The van der Waals surface area contributed by atoms with Gasteiger partial charge in [-0.3, -0.25) is 9.59 Å². The molecule has 138 valence electrons. The molecule has 0 bridgehead atoms. The number of benzene rings is 2. The van der Waals surface area contributed by atoms with E-state index < -0.39 is 0 Å². The number of carbonyl (C=O) groups excluding carboxylic acids is 2. The molecule has 0 saturated heterocycles. The van der Waals surface area contributed by atoms with Gasteiger partial charge >= 0.3 is 0 Å². The van der Waals surface area contributed by atoms with Crippen LogP contribution in [0.25, 0.3) is 0 Å². The lowest BCUT2D eigenvalue weighted by molar-refractivity contribution is -0.118. The van der Waals surface area contributed by atoms with Gasteiger partial charge in [0.2, 0.25) is 0 Å². The molecule has 0 aliphatic rings. The van der Waals surface area contributed by atoms with E-state index in [1.807, 2.05) is 38.1 Å². The fraction of sp³-hybridized carbons (Fsp3) is 0.333. The van der Waals surface area contributed by atoms with Gasteiger partial charge in [-0.1, -0.05) is 38.1 Å². The largest absolute Gasteiger partial charge is 0.484 e. The molecule has 5 heteroatoms. The Hall–Kier alpha value is -2.82. The molecule has 0 unspecified atom stereocenters. The second kappa shape index (κ2) is 9.61. The van der Waals surface area contributed by atoms with Gasteiger partial charge in [0.15, 0.2) is 6.61 Å². The number of hydrogen-bond acceptors (Lipinski definition) is 3. The Balaban J connectivity index is 1.96. The highest BCUT2D eigenvalue weighted by atomic mass is 16.5. The molecule has 0 spiro atoms. The third-order valence-electron chi connectivity index (χ3n) is 4.14. The minimum absolute atomic E-state index is 0.0701. The van der Waals surface area contributed by atoms with Gasteiger partial charge in [0, 0.05) is 6.04 Å². The SMILES string of the molecule is CCc1ccc(OCC(=O)Nc2ccccc2C(=O)N[C@H](C)CC)cc1. The third kappa shape index (κ3) is 5.62. The highest BCUT2D eigenvalue weighted by molar-refractivity contribution is 6.04. The maximum absolute atomic E-state index is 12.4. The lowest BCUT2D eigenvalue weighted by atomic mass is 10.1. The number of carbonyl (C=O) groups is 2. The van der Waals surface area contributed by atoms with Crippen molar-refractivity contribution < 1.29 is 14.3 Å². The summed E-state index contributed by atoms with van der Waals surface area (Å²) in [6.07, 6.45) is 1.79. The highest BCUT2D eigenvalue weighted by Gasteiger charge is 2.14. The summed E-state index contributed by atoms with van der Waals surface area (Å²) >= 11 is 0. The molecule has 0 aliphatic carbocycles. The predicted octanol–water partition coefficient (Wildman–Crippen LogP) is 3.79. The molecule has 1 atom stereocenters. The van der Waals surface area contributed by atoms with Crippen molar-refractivity contribution in [3.63, 3.8) is 0 Å². The lowest BCUT2D eigenvalue weighted by Gasteiger charge is -2.15. The molecule has 0 heterocycles. The van der Waals surface area contributed by atoms with Crippen LogP contribution in [0.2, 0.25) is 0 Å². The van der Waals surface area contributed by atoms with Crippen LogP contribution in [0.1, 0.15) is 43.1 Å². The standard InChI is InChI=1S/C21H26N2O3/c1-4-15(3)22-21(25)18-8-6-7-9-19(18)23-20(24)14-26-17-12-10-16(5-2)11-13-17/h6-13,15H,4-5,14H2,1-3H3,(H,22,25)(H,23,24)/t15-/m1/s1. The molecular formula is C21H26N2O3. The maximum Gasteiger partial charge on any atom is 0.262 e. The summed E-state index contributed by atoms with van der Waals surface area (Å²) in [5, 5.41) is 5.66. The molecule has 0 radical (unpaired) electrons. The predicted molar refractivity (Wildman–Crippen MR) is 104 cm³/mol. The average molecular weight is 354 g/mol. The molecule has 5 nitrogen and oxygen atoms in total. The van der Waals surface area contributed by atoms with Gasteiger partial charge in [0.05, 0.1) is 11.3 Å². The first-order valence-corrected chi connectivity index (χ1v) is 8.95. The second-order valence-corrected chi connectivity index (χ2v) is 6.16. The van der Waals surface area contributed by atoms with E-state index in [1.54, 1.807) is 24.3 Å². The Morgan fingerprint density at radius 1 is 1.04 bits per heavy atom. The van der Waals surface area contributed by atoms with Gasteiger partial charge in [0.1, 0.15) is 5.75 Å². The number of amides is 2. The van der Waals surface area contributed by atoms with Crippen LogP contribution in [-0.4, -0.2) is 24.5 Å². The van der Waals surface area contributed by atoms with Crippen LogP contribution in [0.3, 0.4) is 0 Å². The fourth-order valence-corrected chi connectivity index (χ4v) is 2.35. The summed E-state index contributed by atoms with van der Waals surface area (Å²) in [6.45, 7) is 5.91. The van der Waals surface area contributed by atoms with Gasteiger partial charge in [0.25, 0.3) is 11.8 Å². The summed E-state index contributed by atoms with van der Waals surface area (Å²) in [6, 6.07) is 14.7. The van der Waals surface area contributed by atoms with Crippen LogP contribution in [0.4, 0.5) is 5.69 Å². The third-order valence-corrected chi connectivity index (χ3v) is 4.14. The van der Waals surface area contributed by atoms with Crippen LogP contribution in [0, 0.1) is 0 Å². The second-order valence-electron chi connectivity index (χ2n) is 6.16. The summed E-state index contributed by atoms with van der Waals surface area (Å²) in [5.74, 6) is 0.125. The first-order chi connectivity index (χ1) is 12.5. The smallest absolute Gasteiger partial charge is 0.262 e. The van der Waals surface area contributed by atoms with Crippen LogP contribution in [0.15, 0.2) is 48.5 Å². The summed E-state index contributed by atoms with van der Waals surface area (Å²) in [5.41, 5.74) is 2.12. The van der Waals surface area contributed by atoms with E-state index in [1.165, 1.54) is 5.56 Å². The number of ether oxygens (including phenoxy) is 1. The van der Waals surface area contributed by atoms with Crippen molar-refractivity contribution in [3.8, 4) is 5.75 Å². The molecule has 2 amide bonds. The number of rotatable bonds is 8. The van der Waals surface area contributed by atoms with Crippen molar-refractivity contribution >= 4 is 17.5 Å². The van der Waals surface area contributed by atoms with E-state index in [2.05, 4.69) is 17.6 Å². The van der Waals surface area contributed by atoms with Crippen LogP contribution >= 0.6 is 0 Å². The summed E-state index contributed by atoms with van der Waals surface area (Å²) in [7, 11) is 0. The summed E-state index contributed by atoms with van der Waals surface area (Å²) in [4.78, 5) is 24.6. The number of para-hydroxylation sites is 1. The molecule has 0 aliphatic heterocycles. The topological polar surface area (TPSA) is 67.4 Å². The quantitative estimate of drug-likeness (QED) is 0.758. The molecular weight excluding hydrogens is 328 g/mol. The van der Waals surface area contributed by atoms with Crippen molar-refractivity contribution in [3.05, 3.63) is 59.7 Å². The normalized spacial score (nSPS) is 11.5. The Morgan fingerprint density at radius 3 is 2.38 bits per heavy atom. The number of aryl methyl sites for hydroxylation is 1. The minimum atomic E-state index is -0.312. The Morgan fingerprint density at radius 2 is 1.73 bits per heavy atom. The van der Waals surface area contributed by atoms with Gasteiger partial charge in [-0.2, -0.15) is 0 Å². The van der Waals surface area contributed by atoms with Crippen molar-refractivity contribution in [1.29, 1.82) is 0 Å². The molecule has 0 fully saturated rings. The van der Waals surface area contributed by atoms with E-state index in [-0.39, 0.29) is 24.5 Å². The number of hydrogen-bond donors (Lipinski definition) is 2. The van der Waals surface area contributed by atoms with E-state index in [9.17, 15) is 9.59 Å². The van der Waals surface area contributed by atoms with Gasteiger partial charge in [-0.15, -0.1) is 0 Å². The van der Waals surface area contributed by atoms with Crippen LogP contribution in [-0.2, 0) is 11.2 Å². The van der Waals surface area contributed by atoms with E-state index in [4.69, 9.17) is 4.74 Å². The maximum atomic E-state index is 12.4. The Bertz CT molecular complexity index is 741. The van der Waals surface area contributed by atoms with Gasteiger partial charge < -0.3 is 15.4 Å². The first kappa shape index (κ1) is 19.5. The van der Waals surface area contributed by atoms with Crippen molar-refractivity contribution in [2.75, 3.05) is 11.9 Å². The molecule has 2 aromatic rings. The van der Waals surface area contributed by atoms with Gasteiger partial charge in [-0.05, 0) is 49.6 Å². The van der Waals surface area contributed by atoms with Crippen molar-refractivity contribution in [1.82, 2.24) is 5.32 Å². The molecule has 2 aromatic carbocycles. The monoisotopic (exact) mass is 354 g/mol. The Kier molecular flexibility index (Phi) is 7.21. The van der Waals surface area contributed by atoms with Crippen LogP contribution in [0.5, 0.6) is 5.75 Å². The van der Waals surface area contributed by atoms with E-state index in [0.29, 0.717) is 17.0 Å². The van der Waals surface area contributed by atoms with Crippen molar-refractivity contribution in [2.24, 2.45) is 0 Å². The van der Waals surface area contributed by atoms with Crippen molar-refractivity contribution in [2.45, 2.75) is 39.7 Å². The number of nitrogens with one attached hydrogen (secondary N) is 2. The van der Waals surface area contributed by atoms with Gasteiger partial charge in [-0.25, -0.2) is 0 Å². The van der Waals surface area contributed by atoms with E-state index >= 15 is 0 Å². The molecule has 0 aromatic heterocycles. The average Bonchev–Trinajstić information content (AvgIpc) is 2.67. The molecule has 2 N–H and O–H groups in total. The zero-order chi connectivity index (χ0) is 18.9. The van der Waals surface area contributed by atoms with Crippen LogP contribution < -0.4 is 15.4 Å². The zero-order valence-corrected chi connectivity index (χ0v) is 15.5. The minimum Gasteiger partial charge on any atom is -0.484 e. The number of anilines is 1. The van der Waals surface area contributed by atoms with E-state index in [0.717, 1.165) is 12.8 Å².